The van der Waals surface area contributed by atoms with E-state index in [0.29, 0.717) is 47.3 Å². The highest BCUT2D eigenvalue weighted by atomic mass is 16.6. The molecule has 3 heterocycles. The lowest BCUT2D eigenvalue weighted by atomic mass is 9.94. The Kier molecular flexibility index (Phi) is 6.20. The zero-order chi connectivity index (χ0) is 25.2. The van der Waals surface area contributed by atoms with Gasteiger partial charge in [-0.1, -0.05) is 6.07 Å². The summed E-state index contributed by atoms with van der Waals surface area (Å²) in [5, 5.41) is 11.4. The summed E-state index contributed by atoms with van der Waals surface area (Å²) in [4.78, 5) is 32.2. The number of hydrogen-bond donors (Lipinski definition) is 1. The topological polar surface area (TPSA) is 107 Å². The third-order valence-electron chi connectivity index (χ3n) is 6.17. The normalized spacial score (nSPS) is 18.3. The Labute approximate surface area is 207 Å². The van der Waals surface area contributed by atoms with Crippen molar-refractivity contribution in [2.24, 2.45) is 0 Å². The van der Waals surface area contributed by atoms with Crippen LogP contribution in [0.3, 0.4) is 0 Å². The fourth-order valence-electron chi connectivity index (χ4n) is 4.45. The zero-order valence-electron chi connectivity index (χ0n) is 19.8. The van der Waals surface area contributed by atoms with Gasteiger partial charge in [0.05, 0.1) is 25.8 Å². The number of Topliss-reactive ketones (excluding diaryl/α,β-unsaturated/α-hetero) is 1. The predicted molar refractivity (Wildman–Crippen MR) is 129 cm³/mol. The van der Waals surface area contributed by atoms with Gasteiger partial charge >= 0.3 is 0 Å². The number of fused-ring (bicyclic) bond motifs is 1. The summed E-state index contributed by atoms with van der Waals surface area (Å²) >= 11 is 0. The molecule has 9 heteroatoms. The molecule has 0 saturated carbocycles. The minimum absolute atomic E-state index is 0.0518. The van der Waals surface area contributed by atoms with Gasteiger partial charge in [-0.2, -0.15) is 0 Å². The number of carbonyl (C=O) groups is 2. The van der Waals surface area contributed by atoms with E-state index in [-0.39, 0.29) is 17.9 Å². The molecule has 1 aromatic heterocycles. The molecule has 36 heavy (non-hydrogen) atoms. The molecule has 2 aromatic carbocycles. The fourth-order valence-corrected chi connectivity index (χ4v) is 4.45. The van der Waals surface area contributed by atoms with Crippen molar-refractivity contribution in [3.8, 4) is 23.0 Å². The van der Waals surface area contributed by atoms with Crippen molar-refractivity contribution in [1.29, 1.82) is 0 Å². The number of pyridine rings is 1. The smallest absolute Gasteiger partial charge is 0.295 e. The predicted octanol–water partition coefficient (Wildman–Crippen LogP) is 3.49. The van der Waals surface area contributed by atoms with E-state index in [9.17, 15) is 14.7 Å². The molecule has 5 rings (SSSR count). The number of rotatable bonds is 6. The standard InChI is InChI=1S/C27H24N2O7/c1-33-18-6-7-19(21(13-18)34-2)24-23(25(30)17-5-8-20-22(12-17)36-11-10-35-20)26(31)27(32)29(24)15-16-4-3-9-28-14-16/h3-9,12-14,24,30H,10-11,15H2,1-2H3. The van der Waals surface area contributed by atoms with Gasteiger partial charge in [-0.15, -0.1) is 0 Å². The van der Waals surface area contributed by atoms with Crippen molar-refractivity contribution in [2.75, 3.05) is 27.4 Å². The third-order valence-corrected chi connectivity index (χ3v) is 6.17. The van der Waals surface area contributed by atoms with Crippen molar-refractivity contribution in [2.45, 2.75) is 12.6 Å². The largest absolute Gasteiger partial charge is 0.507 e. The van der Waals surface area contributed by atoms with Gasteiger partial charge in [0.1, 0.15) is 30.5 Å². The minimum Gasteiger partial charge on any atom is -0.507 e. The molecular formula is C27H24N2O7. The van der Waals surface area contributed by atoms with Crippen LogP contribution in [0.5, 0.6) is 23.0 Å². The van der Waals surface area contributed by atoms with Crippen LogP contribution in [0, 0.1) is 0 Å². The molecule has 0 aliphatic carbocycles. The molecule has 1 atom stereocenters. The van der Waals surface area contributed by atoms with E-state index in [4.69, 9.17) is 18.9 Å². The van der Waals surface area contributed by atoms with Crippen molar-refractivity contribution in [3.05, 3.63) is 83.2 Å². The summed E-state index contributed by atoms with van der Waals surface area (Å²) in [5.41, 5.74) is 1.54. The van der Waals surface area contributed by atoms with Gasteiger partial charge in [-0.05, 0) is 42.0 Å². The average Bonchev–Trinajstić information content (AvgIpc) is 3.17. The Morgan fingerprint density at radius 1 is 1.06 bits per heavy atom. The monoisotopic (exact) mass is 488 g/mol. The van der Waals surface area contributed by atoms with Gasteiger partial charge in [0.25, 0.3) is 11.7 Å². The molecule has 1 fully saturated rings. The summed E-state index contributed by atoms with van der Waals surface area (Å²) < 4.78 is 22.1. The number of carbonyl (C=O) groups excluding carboxylic acids is 2. The van der Waals surface area contributed by atoms with Gasteiger partial charge < -0.3 is 29.0 Å². The van der Waals surface area contributed by atoms with Crippen LogP contribution in [0.4, 0.5) is 0 Å². The van der Waals surface area contributed by atoms with Gasteiger partial charge in [-0.25, -0.2) is 0 Å². The first-order chi connectivity index (χ1) is 17.5. The lowest BCUT2D eigenvalue weighted by Gasteiger charge is -2.27. The molecule has 1 saturated heterocycles. The lowest BCUT2D eigenvalue weighted by molar-refractivity contribution is -0.140. The summed E-state index contributed by atoms with van der Waals surface area (Å²) in [6.45, 7) is 0.904. The fraction of sp³-hybridized carbons (Fsp3) is 0.222. The summed E-state index contributed by atoms with van der Waals surface area (Å²) in [6.07, 6.45) is 3.26. The number of amides is 1. The Hall–Kier alpha value is -4.53. The molecule has 2 aliphatic heterocycles. The molecule has 1 N–H and O–H groups in total. The maximum Gasteiger partial charge on any atom is 0.295 e. The second kappa shape index (κ2) is 9.61. The van der Waals surface area contributed by atoms with Crippen molar-refractivity contribution in [3.63, 3.8) is 0 Å². The van der Waals surface area contributed by atoms with Gasteiger partial charge in [-0.3, -0.25) is 14.6 Å². The number of methoxy groups -OCH3 is 2. The average molecular weight is 488 g/mol. The van der Waals surface area contributed by atoms with Gasteiger partial charge in [0.15, 0.2) is 11.5 Å². The van der Waals surface area contributed by atoms with Crippen LogP contribution >= 0.6 is 0 Å². The number of hydrogen-bond acceptors (Lipinski definition) is 8. The SMILES string of the molecule is COc1ccc(C2C(=C(O)c3ccc4c(c3)OCCO4)C(=O)C(=O)N2Cc2cccnc2)c(OC)c1. The molecule has 2 aliphatic rings. The second-order valence-corrected chi connectivity index (χ2v) is 8.25. The number of ketones is 1. The van der Waals surface area contributed by atoms with E-state index in [0.717, 1.165) is 5.56 Å². The van der Waals surface area contributed by atoms with Crippen LogP contribution in [0.1, 0.15) is 22.7 Å². The number of aliphatic hydroxyl groups is 1. The lowest BCUT2D eigenvalue weighted by Crippen LogP contribution is -2.29. The number of likely N-dealkylation sites (tertiary alicyclic amines) is 1. The summed E-state index contributed by atoms with van der Waals surface area (Å²) in [6, 6.07) is 12.6. The number of aliphatic hydroxyl groups excluding tert-OH is 1. The van der Waals surface area contributed by atoms with Gasteiger partial charge in [0.2, 0.25) is 0 Å². The highest BCUT2D eigenvalue weighted by molar-refractivity contribution is 6.46. The van der Waals surface area contributed by atoms with E-state index in [2.05, 4.69) is 4.98 Å². The van der Waals surface area contributed by atoms with Crippen LogP contribution in [-0.2, 0) is 16.1 Å². The van der Waals surface area contributed by atoms with E-state index < -0.39 is 17.7 Å². The highest BCUT2D eigenvalue weighted by Gasteiger charge is 2.47. The Morgan fingerprint density at radius 3 is 2.58 bits per heavy atom. The first kappa shape index (κ1) is 23.2. The number of aromatic nitrogens is 1. The zero-order valence-corrected chi connectivity index (χ0v) is 19.8. The van der Waals surface area contributed by atoms with Crippen LogP contribution < -0.4 is 18.9 Å². The quantitative estimate of drug-likeness (QED) is 0.319. The van der Waals surface area contributed by atoms with Gasteiger partial charge in [0, 0.05) is 36.1 Å². The third kappa shape index (κ3) is 4.08. The van der Waals surface area contributed by atoms with Crippen LogP contribution in [-0.4, -0.2) is 54.1 Å². The first-order valence-corrected chi connectivity index (χ1v) is 11.3. The maximum absolute atomic E-state index is 13.4. The van der Waals surface area contributed by atoms with Crippen molar-refractivity contribution in [1.82, 2.24) is 9.88 Å². The summed E-state index contributed by atoms with van der Waals surface area (Å²) in [5.74, 6) is 0.102. The molecule has 0 spiro atoms. The molecule has 9 nitrogen and oxygen atoms in total. The summed E-state index contributed by atoms with van der Waals surface area (Å²) in [7, 11) is 3.02. The Balaban J connectivity index is 1.67. The molecule has 0 radical (unpaired) electrons. The van der Waals surface area contributed by atoms with E-state index in [1.807, 2.05) is 6.07 Å². The Bertz CT molecular complexity index is 1350. The first-order valence-electron chi connectivity index (χ1n) is 11.3. The van der Waals surface area contributed by atoms with E-state index in [1.165, 1.54) is 19.1 Å². The number of nitrogens with zero attached hydrogens (tertiary/aromatic N) is 2. The van der Waals surface area contributed by atoms with Crippen LogP contribution in [0.15, 0.2) is 66.5 Å². The highest BCUT2D eigenvalue weighted by Crippen LogP contribution is 2.45. The molecule has 0 bridgehead atoms. The number of benzene rings is 2. The minimum atomic E-state index is -0.917. The van der Waals surface area contributed by atoms with Crippen LogP contribution in [0.25, 0.3) is 5.76 Å². The maximum atomic E-state index is 13.4. The van der Waals surface area contributed by atoms with Crippen LogP contribution in [0.2, 0.25) is 0 Å². The van der Waals surface area contributed by atoms with Crippen molar-refractivity contribution < 1.29 is 33.6 Å². The van der Waals surface area contributed by atoms with E-state index >= 15 is 0 Å². The van der Waals surface area contributed by atoms with E-state index in [1.54, 1.807) is 54.9 Å². The molecule has 1 unspecified atom stereocenters. The molecule has 3 aromatic rings. The second-order valence-electron chi connectivity index (χ2n) is 8.25. The molecule has 1 amide bonds. The molecule has 184 valence electrons. The van der Waals surface area contributed by atoms with Crippen molar-refractivity contribution >= 4 is 17.4 Å². The molecular weight excluding hydrogens is 464 g/mol. The Morgan fingerprint density at radius 2 is 1.86 bits per heavy atom. The number of ether oxygens (including phenoxy) is 4.